The number of benzene rings is 2. The molecule has 2 aromatic rings. The number of nitrogens with one attached hydrogen (secondary N) is 1. The molecular formula is C18H11N3O6S2. The summed E-state index contributed by atoms with van der Waals surface area (Å²) in [5, 5.41) is 11.7. The van der Waals surface area contributed by atoms with Crippen LogP contribution in [0.1, 0.15) is 15.9 Å². The van der Waals surface area contributed by atoms with Gasteiger partial charge in [0.05, 0.1) is 9.83 Å². The van der Waals surface area contributed by atoms with Crippen LogP contribution in [0.2, 0.25) is 0 Å². The number of hydrogen-bond acceptors (Lipinski definition) is 8. The van der Waals surface area contributed by atoms with Gasteiger partial charge >= 0.3 is 0 Å². The van der Waals surface area contributed by atoms with Crippen LogP contribution in [0.3, 0.4) is 0 Å². The van der Waals surface area contributed by atoms with E-state index in [0.29, 0.717) is 16.4 Å². The predicted molar refractivity (Wildman–Crippen MR) is 108 cm³/mol. The molecule has 11 heteroatoms. The highest BCUT2D eigenvalue weighted by atomic mass is 32.2. The number of ether oxygens (including phenoxy) is 2. The molecule has 2 heterocycles. The van der Waals surface area contributed by atoms with Gasteiger partial charge < -0.3 is 9.47 Å². The molecule has 2 aliphatic heterocycles. The number of fused-ring (bicyclic) bond motifs is 1. The van der Waals surface area contributed by atoms with Gasteiger partial charge in [0.25, 0.3) is 17.5 Å². The maximum absolute atomic E-state index is 12.7. The Kier molecular flexibility index (Phi) is 4.91. The Morgan fingerprint density at radius 3 is 2.66 bits per heavy atom. The van der Waals surface area contributed by atoms with Crippen molar-refractivity contribution in [3.05, 3.63) is 68.6 Å². The van der Waals surface area contributed by atoms with Gasteiger partial charge in [-0.15, -0.1) is 0 Å². The molecule has 2 amide bonds. The zero-order chi connectivity index (χ0) is 20.5. The van der Waals surface area contributed by atoms with E-state index in [-0.39, 0.29) is 22.4 Å². The van der Waals surface area contributed by atoms with Crippen molar-refractivity contribution in [3.8, 4) is 11.5 Å². The number of thioether (sulfide) groups is 1. The van der Waals surface area contributed by atoms with Gasteiger partial charge in [0.2, 0.25) is 6.79 Å². The molecule has 2 aliphatic rings. The van der Waals surface area contributed by atoms with E-state index in [1.165, 1.54) is 24.3 Å². The Labute approximate surface area is 173 Å². The maximum atomic E-state index is 12.7. The lowest BCUT2D eigenvalue weighted by Crippen LogP contribution is -2.44. The molecule has 4 rings (SSSR count). The molecule has 0 atom stereocenters. The maximum Gasteiger partial charge on any atom is 0.285 e. The fraction of sp³-hybridized carbons (Fsp3) is 0.0556. The van der Waals surface area contributed by atoms with Crippen LogP contribution >= 0.6 is 24.0 Å². The quantitative estimate of drug-likeness (QED) is 0.342. The average molecular weight is 429 g/mol. The lowest BCUT2D eigenvalue weighted by molar-refractivity contribution is -0.384. The third-order valence-corrected chi connectivity index (χ3v) is 5.34. The van der Waals surface area contributed by atoms with Crippen molar-refractivity contribution in [1.82, 2.24) is 10.4 Å². The highest BCUT2D eigenvalue weighted by Gasteiger charge is 2.34. The van der Waals surface area contributed by atoms with E-state index < -0.39 is 16.7 Å². The van der Waals surface area contributed by atoms with E-state index in [9.17, 15) is 19.7 Å². The molecule has 29 heavy (non-hydrogen) atoms. The summed E-state index contributed by atoms with van der Waals surface area (Å²) in [5.41, 5.74) is 3.16. The Morgan fingerprint density at radius 1 is 1.21 bits per heavy atom. The van der Waals surface area contributed by atoms with Gasteiger partial charge in [0, 0.05) is 17.7 Å². The lowest BCUT2D eigenvalue weighted by Gasteiger charge is -2.15. The van der Waals surface area contributed by atoms with E-state index in [4.69, 9.17) is 21.7 Å². The number of thiocarbonyl (C=S) groups is 1. The van der Waals surface area contributed by atoms with Crippen LogP contribution in [0, 0.1) is 10.1 Å². The third-order valence-electron chi connectivity index (χ3n) is 4.04. The van der Waals surface area contributed by atoms with Crippen LogP contribution in [0.25, 0.3) is 6.08 Å². The van der Waals surface area contributed by atoms with Gasteiger partial charge in [0.1, 0.15) is 0 Å². The summed E-state index contributed by atoms with van der Waals surface area (Å²) >= 11 is 6.24. The fourth-order valence-corrected chi connectivity index (χ4v) is 3.80. The number of nitrogens with zero attached hydrogens (tertiary/aromatic N) is 2. The molecule has 0 radical (unpaired) electrons. The zero-order valence-corrected chi connectivity index (χ0v) is 16.1. The summed E-state index contributed by atoms with van der Waals surface area (Å²) in [6.07, 6.45) is 1.64. The monoisotopic (exact) mass is 429 g/mol. The second-order valence-electron chi connectivity index (χ2n) is 5.87. The van der Waals surface area contributed by atoms with Crippen molar-refractivity contribution in [3.63, 3.8) is 0 Å². The molecule has 0 unspecified atom stereocenters. The van der Waals surface area contributed by atoms with Crippen molar-refractivity contribution in [1.29, 1.82) is 0 Å². The normalized spacial score (nSPS) is 16.4. The zero-order valence-electron chi connectivity index (χ0n) is 14.5. The molecule has 2 aromatic carbocycles. The second-order valence-corrected chi connectivity index (χ2v) is 7.55. The smallest absolute Gasteiger partial charge is 0.285 e. The number of carbonyl (C=O) groups is 2. The molecule has 0 aromatic heterocycles. The number of rotatable bonds is 4. The molecule has 9 nitrogen and oxygen atoms in total. The summed E-state index contributed by atoms with van der Waals surface area (Å²) in [6, 6.07) is 10.3. The van der Waals surface area contributed by atoms with Gasteiger partial charge in [-0.1, -0.05) is 17.8 Å². The molecule has 1 N–H and O–H groups in total. The average Bonchev–Trinajstić information content (AvgIpc) is 3.27. The number of non-ortho nitro benzene ring substituents is 1. The number of hydrogen-bond donors (Lipinski definition) is 1. The van der Waals surface area contributed by atoms with Crippen LogP contribution in [0.15, 0.2) is 47.4 Å². The van der Waals surface area contributed by atoms with Crippen LogP contribution in [-0.4, -0.2) is 32.9 Å². The second kappa shape index (κ2) is 7.53. The Morgan fingerprint density at radius 2 is 1.93 bits per heavy atom. The summed E-state index contributed by atoms with van der Waals surface area (Å²) in [4.78, 5) is 35.5. The molecule has 146 valence electrons. The third kappa shape index (κ3) is 3.77. The predicted octanol–water partition coefficient (Wildman–Crippen LogP) is 2.87. The number of nitro benzene ring substituents is 1. The van der Waals surface area contributed by atoms with E-state index in [1.807, 2.05) is 0 Å². The Bertz CT molecular complexity index is 1080. The first-order valence-corrected chi connectivity index (χ1v) is 9.38. The molecule has 1 fully saturated rings. The van der Waals surface area contributed by atoms with Crippen molar-refractivity contribution in [2.75, 3.05) is 6.79 Å². The largest absolute Gasteiger partial charge is 0.454 e. The SMILES string of the molecule is O=C(NN1C(=O)/C(=C/c2ccc3c(c2)OCO3)SC1=S)c1ccc([N+](=O)[O-])cc1. The standard InChI is InChI=1S/C18H11N3O6S2/c22-16(11-2-4-12(5-3-11)21(24)25)19-20-17(23)15(29-18(20)28)8-10-1-6-13-14(7-10)27-9-26-13/h1-8H,9H2,(H,19,22)/b15-8-. The topological polar surface area (TPSA) is 111 Å². The van der Waals surface area contributed by atoms with E-state index in [1.54, 1.807) is 24.3 Å². The fourth-order valence-electron chi connectivity index (χ4n) is 2.62. The molecule has 1 saturated heterocycles. The first-order valence-electron chi connectivity index (χ1n) is 8.15. The van der Waals surface area contributed by atoms with Gasteiger partial charge in [0.15, 0.2) is 15.8 Å². The van der Waals surface area contributed by atoms with E-state index in [0.717, 1.165) is 22.3 Å². The first-order chi connectivity index (χ1) is 13.9. The minimum absolute atomic E-state index is 0.140. The Balaban J connectivity index is 1.49. The number of nitro groups is 1. The van der Waals surface area contributed by atoms with Gasteiger partial charge in [-0.05, 0) is 48.1 Å². The van der Waals surface area contributed by atoms with Crippen molar-refractivity contribution in [2.24, 2.45) is 0 Å². The minimum atomic E-state index is -0.611. The summed E-state index contributed by atoms with van der Waals surface area (Å²) in [5.74, 6) is 0.124. The molecular weight excluding hydrogens is 418 g/mol. The van der Waals surface area contributed by atoms with E-state index in [2.05, 4.69) is 5.43 Å². The Hall–Kier alpha value is -3.44. The van der Waals surface area contributed by atoms with Crippen molar-refractivity contribution >= 4 is 51.9 Å². The molecule has 0 aliphatic carbocycles. The van der Waals surface area contributed by atoms with Crippen molar-refractivity contribution in [2.45, 2.75) is 0 Å². The van der Waals surface area contributed by atoms with Crippen LogP contribution in [0.4, 0.5) is 5.69 Å². The number of amides is 2. The van der Waals surface area contributed by atoms with Crippen LogP contribution in [0.5, 0.6) is 11.5 Å². The van der Waals surface area contributed by atoms with E-state index >= 15 is 0 Å². The first kappa shape index (κ1) is 18.9. The number of carbonyl (C=O) groups excluding carboxylic acids is 2. The summed E-state index contributed by atoms with van der Waals surface area (Å²) < 4.78 is 10.7. The van der Waals surface area contributed by atoms with Gasteiger partial charge in [-0.2, -0.15) is 5.01 Å². The number of hydrazine groups is 1. The summed E-state index contributed by atoms with van der Waals surface area (Å²) in [6.45, 7) is 0.148. The summed E-state index contributed by atoms with van der Waals surface area (Å²) in [7, 11) is 0. The molecule has 0 saturated carbocycles. The lowest BCUT2D eigenvalue weighted by atomic mass is 10.2. The van der Waals surface area contributed by atoms with Gasteiger partial charge in [-0.25, -0.2) is 0 Å². The minimum Gasteiger partial charge on any atom is -0.454 e. The van der Waals surface area contributed by atoms with Crippen molar-refractivity contribution < 1.29 is 24.0 Å². The highest BCUT2D eigenvalue weighted by molar-refractivity contribution is 8.26. The molecule has 0 spiro atoms. The molecule has 0 bridgehead atoms. The highest BCUT2D eigenvalue weighted by Crippen LogP contribution is 2.36. The van der Waals surface area contributed by atoms with Crippen LogP contribution in [-0.2, 0) is 4.79 Å². The van der Waals surface area contributed by atoms with Gasteiger partial charge in [-0.3, -0.25) is 25.1 Å². The van der Waals surface area contributed by atoms with Crippen LogP contribution < -0.4 is 14.9 Å².